The van der Waals surface area contributed by atoms with E-state index < -0.39 is 198 Å². The summed E-state index contributed by atoms with van der Waals surface area (Å²) in [5.41, 5.74) is -2.49. The molecular weight excluding hydrogens is 2320 g/mol. The van der Waals surface area contributed by atoms with Crippen molar-refractivity contribution in [2.45, 2.75) is 62.8 Å². The van der Waals surface area contributed by atoms with E-state index in [0.29, 0.717) is 43.9 Å². The van der Waals surface area contributed by atoms with Crippen LogP contribution in [-0.2, 0) is 138 Å². The Morgan fingerprint density at radius 3 is 0.736 bits per heavy atom. The quantitative estimate of drug-likeness (QED) is 0.00710. The highest BCUT2D eigenvalue weighted by molar-refractivity contribution is 8.04. The molecule has 0 radical (unpaired) electrons. The van der Waals surface area contributed by atoms with Gasteiger partial charge in [-0.15, -0.1) is 151 Å². The summed E-state index contributed by atoms with van der Waals surface area (Å²) < 4.78 is 141. The van der Waals surface area contributed by atoms with Crippen molar-refractivity contribution in [3.63, 3.8) is 0 Å². The molecule has 0 bridgehead atoms. The number of halogens is 4. The normalized spacial score (nSPS) is 10.9. The van der Waals surface area contributed by atoms with E-state index in [1.54, 1.807) is 25.0 Å². The molecule has 140 heavy (non-hydrogen) atoms. The van der Waals surface area contributed by atoms with Gasteiger partial charge in [-0.3, -0.25) is 102 Å². The summed E-state index contributed by atoms with van der Waals surface area (Å²) in [6.45, 7) is 2.50. The zero-order valence-electron chi connectivity index (χ0n) is 67.9. The van der Waals surface area contributed by atoms with Crippen molar-refractivity contribution in [2.24, 2.45) is 0 Å². The number of carbonyl (C=O) groups is 10. The highest BCUT2D eigenvalue weighted by Crippen LogP contribution is 2.55. The van der Waals surface area contributed by atoms with Crippen molar-refractivity contribution in [1.29, 1.82) is 0 Å². The van der Waals surface area contributed by atoms with Gasteiger partial charge in [-0.1, -0.05) is 46.4 Å². The lowest BCUT2D eigenvalue weighted by Gasteiger charge is -2.18. The van der Waals surface area contributed by atoms with Gasteiger partial charge in [0.25, 0.3) is 63.3 Å². The van der Waals surface area contributed by atoms with E-state index in [2.05, 4.69) is 12.6 Å². The van der Waals surface area contributed by atoms with Gasteiger partial charge in [0, 0.05) is 28.2 Å². The molecule has 4 aromatic carbocycles. The zero-order chi connectivity index (χ0) is 113. The lowest BCUT2D eigenvalue weighted by Crippen LogP contribution is -2.25. The minimum absolute atomic E-state index is 0.0833. The Kier molecular flexibility index (Phi) is 78.6. The maximum Gasteiger partial charge on any atom is 0.425 e. The number of phenols is 4. The molecule has 0 aliphatic heterocycles. The first-order valence-electron chi connectivity index (χ1n) is 31.1. The Labute approximate surface area is 841 Å². The summed E-state index contributed by atoms with van der Waals surface area (Å²) in [5.74, 6) is -12.7. The number of hydrogen-bond acceptors (Lipinski definition) is 56. The fourth-order valence-electron chi connectivity index (χ4n) is 7.17. The fraction of sp³-hybridized carbons (Fsp3) is 0.207. The lowest BCUT2D eigenvalue weighted by molar-refractivity contribution is -0.742. The van der Waals surface area contributed by atoms with Crippen molar-refractivity contribution < 1.29 is 242 Å². The van der Waals surface area contributed by atoms with Crippen LogP contribution in [0.5, 0.6) is 23.0 Å². The number of nitro groups is 4. The van der Waals surface area contributed by atoms with Gasteiger partial charge >= 0.3 is 81.6 Å². The number of allylic oxidation sites excluding steroid dienone is 8. The lowest BCUT2D eigenvalue weighted by atomic mass is 10.1. The van der Waals surface area contributed by atoms with E-state index in [1.807, 2.05) is 0 Å². The largest absolute Gasteiger partial charge is 0.506 e. The first-order valence-corrected chi connectivity index (χ1v) is 49.4. The molecule has 2 aliphatic carbocycles. The Morgan fingerprint density at radius 1 is 0.379 bits per heavy atom. The minimum atomic E-state index is -5.22. The van der Waals surface area contributed by atoms with Crippen molar-refractivity contribution >= 4 is 323 Å². The number of nitrogens with zero attached hydrogens (tertiary/aromatic N) is 6. The first-order chi connectivity index (χ1) is 64.0. The van der Waals surface area contributed by atoms with Crippen LogP contribution in [-0.4, -0.2) is 299 Å². The van der Waals surface area contributed by atoms with Gasteiger partial charge in [-0.05, 0) is 51.0 Å². The Hall–Kier alpha value is -12.3. The molecule has 82 heteroatoms. The second-order valence-corrected chi connectivity index (χ2v) is 35.3. The van der Waals surface area contributed by atoms with Crippen molar-refractivity contribution in [3.05, 3.63) is 138 Å². The van der Waals surface area contributed by atoms with E-state index in [1.165, 1.54) is 54.0 Å². The second kappa shape index (κ2) is 75.6. The molecule has 0 amide bonds. The van der Waals surface area contributed by atoms with Gasteiger partial charge in [0.15, 0.2) is 9.81 Å². The van der Waals surface area contributed by atoms with E-state index in [9.17, 15) is 134 Å². The highest BCUT2D eigenvalue weighted by Gasteiger charge is 2.39. The molecule has 0 saturated heterocycles. The van der Waals surface area contributed by atoms with Crippen LogP contribution in [0.25, 0.3) is 0 Å². The van der Waals surface area contributed by atoms with Crippen LogP contribution in [0, 0.1) is 74.5 Å². The van der Waals surface area contributed by atoms with Gasteiger partial charge in [0.1, 0.15) is 48.0 Å². The third-order valence-electron chi connectivity index (χ3n) is 11.7. The molecule has 6 rings (SSSR count). The topological polar surface area (TPSA) is 1070 Å². The average Bonchev–Trinajstić information content (AvgIpc) is 0.760. The van der Waals surface area contributed by atoms with Gasteiger partial charge < -0.3 is 61.5 Å². The maximum atomic E-state index is 11.0. The Balaban J connectivity index is -0.000000198. The maximum absolute atomic E-state index is 11.0. The molecule has 15 N–H and O–H groups in total. The third kappa shape index (κ3) is 61.9. The number of thioether (sulfide) groups is 9. The average molecular weight is 2370 g/mol. The molecule has 0 atom stereocenters. The molecule has 4 aromatic rings. The number of phenolic OH excluding ortho intramolecular Hbond substituents is 4. The molecule has 0 unspecified atom stereocenters. The number of nitro benzene ring substituents is 4. The van der Waals surface area contributed by atoms with Crippen molar-refractivity contribution in [1.82, 2.24) is 0 Å². The van der Waals surface area contributed by atoms with Gasteiger partial charge in [-0.25, -0.2) is 0 Å². The molecule has 0 fully saturated rings. The molecule has 63 nitrogen and oxygen atoms in total. The summed E-state index contributed by atoms with van der Waals surface area (Å²) in [4.78, 5) is 226. The number of aromatic hydroxyl groups is 4. The van der Waals surface area contributed by atoms with Gasteiger partial charge in [-0.2, -0.15) is 76.2 Å². The number of thiol groups is 1. The van der Waals surface area contributed by atoms with Gasteiger partial charge in [0.05, 0.1) is 106 Å². The number of non-ortho nitro benzene ring substituents is 2. The number of Topliss-reactive ketones (excluding diaryl/α,β-unsaturated/α-hetero) is 2. The third-order valence-corrected chi connectivity index (χ3v) is 25.7. The summed E-state index contributed by atoms with van der Waals surface area (Å²) in [6.07, 6.45) is 8.85. The van der Waals surface area contributed by atoms with E-state index >= 15 is 0 Å². The number of rotatable bonds is 27. The first kappa shape index (κ1) is 145. The molecule has 0 aromatic heterocycles. The van der Waals surface area contributed by atoms with Crippen LogP contribution < -0.4 is 0 Å². The highest BCUT2D eigenvalue weighted by atomic mass is 35.5. The number of benzene rings is 4. The smallest absolute Gasteiger partial charge is 0.425 e. The van der Waals surface area contributed by atoms with Gasteiger partial charge in [0.2, 0.25) is 23.1 Å². The Morgan fingerprint density at radius 2 is 0.571 bits per heavy atom. The van der Waals surface area contributed by atoms with Crippen LogP contribution in [0.15, 0.2) is 115 Å². The van der Waals surface area contributed by atoms with Crippen LogP contribution in [0.4, 0.5) is 22.7 Å². The number of ketones is 4. The number of carbonyl (C=O) groups excluding carboxylic acids is 12. The minimum Gasteiger partial charge on any atom is -0.506 e. The zero-order valence-corrected chi connectivity index (χ0v) is 83.3. The predicted octanol–water partition coefficient (Wildman–Crippen LogP) is 5.00. The summed E-state index contributed by atoms with van der Waals surface area (Å²) >= 11 is 34.0. The SMILES string of the molecule is CSc1c(O)c(SCC(=O)O)c(SCC(=O)O)c(O)c1SC.CSc1c(O)c(SCC(=O)O)c(SCC(=O)O)c(O)c1SC.Cc1c(SCC(=O)O)cc([N+](=O)[O-])cc1[N+](=O)[O-].Cc1c([N+](=O)[O-])cc([N+](=O)[O-])cc1S(=O)(=O)O.O=C(O)CS.O=C1C(Cl)=C(Cl)C(=O)C(Cl)=C1Cl.O=C1C=CC(=O)C(S(=O)(=O)O)=C1S(=O)(=O)O.O=C=O.O=C=O.O=C=O.O=C=O.O=S(=O)=O.O=S(=O)=O.O=[N+]([O-])O.O=[N+]([O-])O. The number of aliphatic carboxylic acids is 6. The van der Waals surface area contributed by atoms with E-state index in [0.717, 1.165) is 77.9 Å². The molecular formula is C58H52Cl4N6O57S15. The van der Waals surface area contributed by atoms with E-state index in [4.69, 9.17) is 185 Å². The van der Waals surface area contributed by atoms with Crippen LogP contribution >= 0.6 is 165 Å². The van der Waals surface area contributed by atoms with Crippen molar-refractivity contribution in [2.75, 3.05) is 59.5 Å². The fourth-order valence-corrected chi connectivity index (χ4v) is 18.7. The molecule has 774 valence electrons. The summed E-state index contributed by atoms with van der Waals surface area (Å²) in [7, 11) is -21.4. The number of carboxylic acids is 6. The molecule has 0 heterocycles. The van der Waals surface area contributed by atoms with Crippen LogP contribution in [0.3, 0.4) is 0 Å². The predicted molar refractivity (Wildman–Crippen MR) is 472 cm³/mol. The molecule has 0 spiro atoms. The molecule has 2 aliphatic rings. The number of hydrogen-bond donors (Lipinski definition) is 16. The Bertz CT molecular complexity index is 5760. The van der Waals surface area contributed by atoms with Crippen LogP contribution in [0.1, 0.15) is 11.1 Å². The standard InChI is InChI=1S/2C12H14O6S4.C9H8N2O6S.C7H6N2O7S.C6Cl4O2.C6H4O8S2.C2H4O2S.4CO2.2HNO3.2O3S/c2*1-19-9-7(17)11(21-3-5(13)14)12(22-4-6(15)16)8(18)10(9)20-2;1-5-7(11(16)17)2-6(10(14)15)3-8(5)18-4-9(12)13;1-4-6(9(12)13)2-5(8(10)11)3-7(4)17(14,15)16;7-1-2(8)6(12)4(10)3(9)5(1)11;7-3-1-2-4(8)6(16(12,13)14)5(3)15(9,10)11;3-2(4)1-5;4*2-1-3;2*2-1(3)4;2*1-4(2)3/h2*17-18H,3-4H2,1-2H3,(H,13,14)(H,15,16);2-3H,4H2,1H3,(H,12,13);2-3H,1H3,(H,14,15,16);;1-2H,(H,9,10,11)(H,12,13,14);5H,1H2,(H,3,4);;;;;2*(H,2,3,4);;. The monoisotopic (exact) mass is 2360 g/mol. The second-order valence-electron chi connectivity index (χ2n) is 20.3. The molecule has 0 saturated carbocycles. The summed E-state index contributed by atoms with van der Waals surface area (Å²) in [5, 5.41) is 161. The number of carboxylic acid groups (broad SMARTS) is 6. The van der Waals surface area contributed by atoms with E-state index in [-0.39, 0.29) is 118 Å². The van der Waals surface area contributed by atoms with Crippen molar-refractivity contribution in [3.8, 4) is 23.0 Å². The summed E-state index contributed by atoms with van der Waals surface area (Å²) in [6, 6.07) is 3.19. The van der Waals surface area contributed by atoms with Crippen LogP contribution in [0.2, 0.25) is 0 Å².